The van der Waals surface area contributed by atoms with E-state index in [1.54, 1.807) is 12.1 Å². The van der Waals surface area contributed by atoms with Gasteiger partial charge in [0, 0.05) is 38.5 Å². The van der Waals surface area contributed by atoms with Gasteiger partial charge in [-0.2, -0.15) is 18.8 Å². The summed E-state index contributed by atoms with van der Waals surface area (Å²) in [5.41, 5.74) is 1.01. The van der Waals surface area contributed by atoms with Crippen LogP contribution in [-0.4, -0.2) is 15.0 Å². The molecule has 22 heavy (non-hydrogen) atoms. The quantitative estimate of drug-likeness (QED) is 0.806. The average molecular weight is 376 g/mol. The van der Waals surface area contributed by atoms with Crippen LogP contribution in [0.15, 0.2) is 24.3 Å². The maximum Gasteiger partial charge on any atom is 0.224 e. The first-order chi connectivity index (χ1) is 9.99. The molecule has 1 N–H and O–H groups in total. The van der Waals surface area contributed by atoms with E-state index in [0.29, 0.717) is 17.6 Å². The molecule has 0 spiro atoms. The van der Waals surface area contributed by atoms with Crippen LogP contribution in [0.2, 0.25) is 0 Å². The van der Waals surface area contributed by atoms with Gasteiger partial charge in [0.25, 0.3) is 0 Å². The van der Waals surface area contributed by atoms with E-state index in [1.807, 2.05) is 20.8 Å². The largest absolute Gasteiger partial charge is 0.347 e. The SMILES string of the molecule is CCC(Nc1nc(C)nc([C-](C)C)n1)c1ccc(F)cc1.[Y]. The Balaban J connectivity index is 0.00000242. The molecule has 0 fully saturated rings. The van der Waals surface area contributed by atoms with Crippen molar-refractivity contribution < 1.29 is 37.1 Å². The maximum atomic E-state index is 13.0. The summed E-state index contributed by atoms with van der Waals surface area (Å²) in [5.74, 6) is 2.73. The van der Waals surface area contributed by atoms with Crippen molar-refractivity contribution in [3.8, 4) is 0 Å². The van der Waals surface area contributed by atoms with Crippen LogP contribution < -0.4 is 5.32 Å². The van der Waals surface area contributed by atoms with E-state index in [2.05, 4.69) is 27.2 Å². The zero-order valence-electron chi connectivity index (χ0n) is 13.4. The van der Waals surface area contributed by atoms with Gasteiger partial charge in [0.05, 0.1) is 6.04 Å². The number of aryl methyl sites for hydroxylation is 1. The second-order valence-electron chi connectivity index (χ2n) is 5.19. The van der Waals surface area contributed by atoms with Crippen molar-refractivity contribution >= 4 is 5.95 Å². The number of aromatic nitrogens is 3. The third-order valence-electron chi connectivity index (χ3n) is 3.18. The Morgan fingerprint density at radius 2 is 1.77 bits per heavy atom. The summed E-state index contributed by atoms with van der Waals surface area (Å²) in [7, 11) is 0. The van der Waals surface area contributed by atoms with Gasteiger partial charge in [-0.15, -0.1) is 0 Å². The van der Waals surface area contributed by atoms with Gasteiger partial charge in [0.2, 0.25) is 5.95 Å². The molecule has 2 rings (SSSR count). The van der Waals surface area contributed by atoms with Crippen LogP contribution in [0.3, 0.4) is 0 Å². The fourth-order valence-electron chi connectivity index (χ4n) is 2.04. The van der Waals surface area contributed by atoms with Crippen LogP contribution in [0.5, 0.6) is 0 Å². The number of benzene rings is 1. The summed E-state index contributed by atoms with van der Waals surface area (Å²) >= 11 is 0. The van der Waals surface area contributed by atoms with E-state index in [9.17, 15) is 4.39 Å². The number of rotatable bonds is 5. The second kappa shape index (κ2) is 8.54. The van der Waals surface area contributed by atoms with Crippen molar-refractivity contribution in [3.63, 3.8) is 0 Å². The van der Waals surface area contributed by atoms with Crippen molar-refractivity contribution in [2.75, 3.05) is 5.32 Å². The first-order valence-corrected chi connectivity index (χ1v) is 7.04. The third kappa shape index (κ3) is 4.99. The molecule has 0 amide bonds. The Kier molecular flexibility index (Phi) is 7.36. The molecule has 2 aromatic rings. The van der Waals surface area contributed by atoms with Crippen molar-refractivity contribution in [2.24, 2.45) is 0 Å². The zero-order chi connectivity index (χ0) is 15.4. The number of nitrogens with one attached hydrogen (secondary N) is 1. The first-order valence-electron chi connectivity index (χ1n) is 7.04. The molecular formula is C16H20FN4Y-. The Bertz CT molecular complexity index is 602. The summed E-state index contributed by atoms with van der Waals surface area (Å²) in [5, 5.41) is 3.30. The van der Waals surface area contributed by atoms with E-state index in [4.69, 9.17) is 0 Å². The van der Waals surface area contributed by atoms with E-state index in [0.717, 1.165) is 17.9 Å². The molecule has 1 radical (unpaired) electrons. The molecule has 115 valence electrons. The maximum absolute atomic E-state index is 13.0. The van der Waals surface area contributed by atoms with Crippen molar-refractivity contribution in [1.29, 1.82) is 0 Å². The molecule has 1 heterocycles. The molecule has 0 aliphatic carbocycles. The van der Waals surface area contributed by atoms with E-state index in [1.165, 1.54) is 12.1 Å². The Hall–Kier alpha value is -1.07. The molecule has 0 aliphatic rings. The van der Waals surface area contributed by atoms with Crippen molar-refractivity contribution in [3.05, 3.63) is 53.2 Å². The molecule has 0 bridgehead atoms. The Labute approximate surface area is 156 Å². The minimum Gasteiger partial charge on any atom is -0.347 e. The Morgan fingerprint density at radius 1 is 1.14 bits per heavy atom. The first kappa shape index (κ1) is 19.0. The fourth-order valence-corrected chi connectivity index (χ4v) is 2.04. The number of halogens is 1. The minimum atomic E-state index is -0.233. The van der Waals surface area contributed by atoms with Crippen LogP contribution in [0.1, 0.15) is 50.4 Å². The van der Waals surface area contributed by atoms with Crippen LogP contribution in [0.25, 0.3) is 0 Å². The molecule has 4 nitrogen and oxygen atoms in total. The van der Waals surface area contributed by atoms with Crippen LogP contribution in [0, 0.1) is 18.7 Å². The van der Waals surface area contributed by atoms with Crippen LogP contribution in [-0.2, 0) is 32.7 Å². The molecule has 1 aromatic heterocycles. The normalized spacial score (nSPS) is 11.5. The molecule has 1 aromatic carbocycles. The molecular weight excluding hydrogens is 356 g/mol. The number of hydrogen-bond acceptors (Lipinski definition) is 4. The molecule has 1 atom stereocenters. The number of nitrogens with zero attached hydrogens (tertiary/aromatic N) is 3. The van der Waals surface area contributed by atoms with Gasteiger partial charge in [0.15, 0.2) is 0 Å². The third-order valence-corrected chi connectivity index (χ3v) is 3.18. The van der Waals surface area contributed by atoms with Crippen molar-refractivity contribution in [1.82, 2.24) is 15.0 Å². The summed E-state index contributed by atoms with van der Waals surface area (Å²) in [6, 6.07) is 6.53. The molecule has 1 unspecified atom stereocenters. The average Bonchev–Trinajstić information content (AvgIpc) is 2.45. The van der Waals surface area contributed by atoms with Gasteiger partial charge in [0.1, 0.15) is 11.6 Å². The van der Waals surface area contributed by atoms with Gasteiger partial charge in [-0.3, -0.25) is 4.98 Å². The predicted octanol–water partition coefficient (Wildman–Crippen LogP) is 3.84. The summed E-state index contributed by atoms with van der Waals surface area (Å²) in [6.07, 6.45) is 0.848. The monoisotopic (exact) mass is 376 g/mol. The van der Waals surface area contributed by atoms with Gasteiger partial charge in [-0.25, -0.2) is 9.37 Å². The van der Waals surface area contributed by atoms with Crippen molar-refractivity contribution in [2.45, 2.75) is 40.2 Å². The number of hydrogen-bond donors (Lipinski definition) is 1. The molecule has 0 saturated carbocycles. The Morgan fingerprint density at radius 3 is 2.32 bits per heavy atom. The fraction of sp³-hybridized carbons (Fsp3) is 0.375. The predicted molar refractivity (Wildman–Crippen MR) is 81.3 cm³/mol. The standard InChI is InChI=1S/C16H20FN4.Y/c1-5-14(12-6-8-13(17)9-7-12)20-16-19-11(4)18-15(21-16)10(2)3;/h6-9,14H,5H2,1-4H3,(H,18,19,20,21);/q-1;. The summed E-state index contributed by atoms with van der Waals surface area (Å²) in [6.45, 7) is 7.84. The smallest absolute Gasteiger partial charge is 0.224 e. The molecule has 6 heteroatoms. The van der Waals surface area contributed by atoms with Crippen LogP contribution in [0.4, 0.5) is 10.3 Å². The minimum absolute atomic E-state index is 0. The van der Waals surface area contributed by atoms with Gasteiger partial charge in [-0.05, 0) is 31.0 Å². The molecule has 0 saturated heterocycles. The van der Waals surface area contributed by atoms with E-state index < -0.39 is 0 Å². The summed E-state index contributed by atoms with van der Waals surface area (Å²) < 4.78 is 13.0. The van der Waals surface area contributed by atoms with E-state index >= 15 is 0 Å². The summed E-state index contributed by atoms with van der Waals surface area (Å²) in [4.78, 5) is 13.0. The van der Waals surface area contributed by atoms with Gasteiger partial charge < -0.3 is 11.2 Å². The van der Waals surface area contributed by atoms with E-state index in [-0.39, 0.29) is 44.6 Å². The van der Waals surface area contributed by atoms with Gasteiger partial charge in [-0.1, -0.05) is 19.1 Å². The number of anilines is 1. The molecule has 0 aliphatic heterocycles. The van der Waals surface area contributed by atoms with Crippen LogP contribution >= 0.6 is 0 Å². The second-order valence-corrected chi connectivity index (χ2v) is 5.19. The zero-order valence-corrected chi connectivity index (χ0v) is 16.2. The topological polar surface area (TPSA) is 50.7 Å². The van der Waals surface area contributed by atoms with Gasteiger partial charge >= 0.3 is 0 Å².